The molecule has 0 radical (unpaired) electrons. The zero-order chi connectivity index (χ0) is 15.3. The standard InChI is InChI=1S/C13H21N3O3S/c1-10(9-17)16(2)7-8-20(18,19)12-5-3-11(4-6-12)13(14)15/h3-6,10,17H,7-9H2,1-2H3,(H3,14,15). The topological polar surface area (TPSA) is 107 Å². The van der Waals surface area contributed by atoms with Crippen LogP contribution in [0.15, 0.2) is 29.2 Å². The van der Waals surface area contributed by atoms with E-state index in [2.05, 4.69) is 0 Å². The number of rotatable bonds is 7. The lowest BCUT2D eigenvalue weighted by molar-refractivity contribution is 0.165. The highest BCUT2D eigenvalue weighted by atomic mass is 32.2. The molecule has 1 aromatic rings. The minimum absolute atomic E-state index is 0.0101. The Labute approximate surface area is 119 Å². The second kappa shape index (κ2) is 6.83. The van der Waals surface area contributed by atoms with E-state index in [4.69, 9.17) is 16.2 Å². The number of amidine groups is 1. The van der Waals surface area contributed by atoms with E-state index in [1.165, 1.54) is 24.3 Å². The monoisotopic (exact) mass is 299 g/mol. The number of sulfone groups is 1. The van der Waals surface area contributed by atoms with Gasteiger partial charge in [0.15, 0.2) is 9.84 Å². The predicted molar refractivity (Wildman–Crippen MR) is 78.7 cm³/mol. The molecule has 0 heterocycles. The Hall–Kier alpha value is -1.44. The first-order valence-electron chi connectivity index (χ1n) is 6.26. The molecule has 1 aromatic carbocycles. The lowest BCUT2D eigenvalue weighted by Crippen LogP contribution is -2.35. The van der Waals surface area contributed by atoms with Crippen LogP contribution in [0.3, 0.4) is 0 Å². The zero-order valence-corrected chi connectivity index (χ0v) is 12.5. The molecule has 0 spiro atoms. The van der Waals surface area contributed by atoms with Crippen molar-refractivity contribution in [3.05, 3.63) is 29.8 Å². The summed E-state index contributed by atoms with van der Waals surface area (Å²) < 4.78 is 24.3. The van der Waals surface area contributed by atoms with E-state index in [-0.39, 0.29) is 29.1 Å². The van der Waals surface area contributed by atoms with Crippen LogP contribution in [0, 0.1) is 5.41 Å². The maximum atomic E-state index is 12.2. The summed E-state index contributed by atoms with van der Waals surface area (Å²) >= 11 is 0. The van der Waals surface area contributed by atoms with Gasteiger partial charge in [0.05, 0.1) is 17.3 Å². The van der Waals surface area contributed by atoms with Crippen molar-refractivity contribution < 1.29 is 13.5 Å². The van der Waals surface area contributed by atoms with Gasteiger partial charge >= 0.3 is 0 Å². The molecule has 0 aliphatic rings. The van der Waals surface area contributed by atoms with Gasteiger partial charge in [0.1, 0.15) is 5.84 Å². The fraction of sp³-hybridized carbons (Fsp3) is 0.462. The number of aliphatic hydroxyl groups excluding tert-OH is 1. The second-order valence-electron chi connectivity index (χ2n) is 4.77. The van der Waals surface area contributed by atoms with Crippen LogP contribution in [0.25, 0.3) is 0 Å². The summed E-state index contributed by atoms with van der Waals surface area (Å²) in [6.45, 7) is 2.16. The molecule has 0 amide bonds. The minimum Gasteiger partial charge on any atom is -0.395 e. The van der Waals surface area contributed by atoms with Crippen LogP contribution in [0.2, 0.25) is 0 Å². The Morgan fingerprint density at radius 2 is 1.95 bits per heavy atom. The van der Waals surface area contributed by atoms with Gasteiger partial charge in [-0.2, -0.15) is 0 Å². The molecule has 0 saturated carbocycles. The summed E-state index contributed by atoms with van der Waals surface area (Å²) in [4.78, 5) is 2.01. The van der Waals surface area contributed by atoms with E-state index in [9.17, 15) is 8.42 Å². The molecule has 7 heteroatoms. The highest BCUT2D eigenvalue weighted by Crippen LogP contribution is 2.13. The van der Waals surface area contributed by atoms with E-state index in [0.29, 0.717) is 12.1 Å². The molecule has 112 valence electrons. The molecule has 4 N–H and O–H groups in total. The molecule has 0 bridgehead atoms. The molecule has 0 saturated heterocycles. The number of nitrogens with zero attached hydrogens (tertiary/aromatic N) is 1. The summed E-state index contributed by atoms with van der Waals surface area (Å²) in [5, 5.41) is 16.3. The third kappa shape index (κ3) is 4.29. The molecule has 0 aliphatic carbocycles. The lowest BCUT2D eigenvalue weighted by Gasteiger charge is -2.22. The number of hydrogen-bond acceptors (Lipinski definition) is 5. The van der Waals surface area contributed by atoms with Crippen LogP contribution in [0.1, 0.15) is 12.5 Å². The van der Waals surface area contributed by atoms with Crippen LogP contribution in [0.4, 0.5) is 0 Å². The van der Waals surface area contributed by atoms with Crippen LogP contribution in [-0.2, 0) is 9.84 Å². The maximum absolute atomic E-state index is 12.2. The fourth-order valence-corrected chi connectivity index (χ4v) is 2.90. The normalized spacial score (nSPS) is 13.4. The van der Waals surface area contributed by atoms with Gasteiger partial charge < -0.3 is 15.7 Å². The number of aliphatic hydroxyl groups is 1. The Bertz CT molecular complexity index is 555. The van der Waals surface area contributed by atoms with Crippen molar-refractivity contribution in [2.75, 3.05) is 26.0 Å². The average molecular weight is 299 g/mol. The number of hydrogen-bond donors (Lipinski definition) is 3. The van der Waals surface area contributed by atoms with E-state index < -0.39 is 9.84 Å². The Morgan fingerprint density at radius 1 is 1.40 bits per heavy atom. The molecule has 0 aliphatic heterocycles. The highest BCUT2D eigenvalue weighted by Gasteiger charge is 2.17. The number of likely N-dealkylation sites (N-methyl/N-ethyl adjacent to an activating group) is 1. The highest BCUT2D eigenvalue weighted by molar-refractivity contribution is 7.91. The van der Waals surface area contributed by atoms with Crippen molar-refractivity contribution in [1.82, 2.24) is 4.90 Å². The zero-order valence-electron chi connectivity index (χ0n) is 11.7. The third-order valence-corrected chi connectivity index (χ3v) is 4.96. The van der Waals surface area contributed by atoms with Crippen molar-refractivity contribution in [2.45, 2.75) is 17.9 Å². The maximum Gasteiger partial charge on any atom is 0.179 e. The fourth-order valence-electron chi connectivity index (χ4n) is 1.58. The molecule has 1 unspecified atom stereocenters. The molecule has 6 nitrogen and oxygen atoms in total. The molecule has 20 heavy (non-hydrogen) atoms. The van der Waals surface area contributed by atoms with Crippen molar-refractivity contribution in [2.24, 2.45) is 5.73 Å². The molecule has 0 fully saturated rings. The largest absolute Gasteiger partial charge is 0.395 e. The number of nitrogen functional groups attached to an aromatic ring is 1. The predicted octanol–water partition coefficient (Wildman–Crippen LogP) is 0.0570. The van der Waals surface area contributed by atoms with Crippen molar-refractivity contribution in [3.8, 4) is 0 Å². The van der Waals surface area contributed by atoms with Gasteiger partial charge in [0, 0.05) is 18.2 Å². The molecular formula is C13H21N3O3S. The van der Waals surface area contributed by atoms with Gasteiger partial charge in [0.2, 0.25) is 0 Å². The van der Waals surface area contributed by atoms with Gasteiger partial charge in [-0.05, 0) is 26.1 Å². The Kier molecular flexibility index (Phi) is 5.67. The Balaban J connectivity index is 2.76. The van der Waals surface area contributed by atoms with Crippen LogP contribution in [0.5, 0.6) is 0 Å². The quantitative estimate of drug-likeness (QED) is 0.487. The van der Waals surface area contributed by atoms with Crippen molar-refractivity contribution in [1.29, 1.82) is 5.41 Å². The van der Waals surface area contributed by atoms with E-state index >= 15 is 0 Å². The first kappa shape index (κ1) is 16.6. The van der Waals surface area contributed by atoms with Crippen LogP contribution < -0.4 is 5.73 Å². The second-order valence-corrected chi connectivity index (χ2v) is 6.88. The number of nitrogens with one attached hydrogen (secondary N) is 1. The van der Waals surface area contributed by atoms with Gasteiger partial charge in [-0.3, -0.25) is 5.41 Å². The van der Waals surface area contributed by atoms with Crippen LogP contribution in [-0.4, -0.2) is 56.3 Å². The smallest absolute Gasteiger partial charge is 0.179 e. The van der Waals surface area contributed by atoms with Crippen LogP contribution >= 0.6 is 0 Å². The first-order valence-corrected chi connectivity index (χ1v) is 7.91. The number of benzene rings is 1. The minimum atomic E-state index is -3.37. The van der Waals surface area contributed by atoms with Gasteiger partial charge in [0.25, 0.3) is 0 Å². The van der Waals surface area contributed by atoms with Gasteiger partial charge in [-0.15, -0.1) is 0 Å². The molecule has 1 atom stereocenters. The molecule has 0 aromatic heterocycles. The average Bonchev–Trinajstić information content (AvgIpc) is 2.44. The third-order valence-electron chi connectivity index (χ3n) is 3.25. The summed E-state index contributed by atoms with van der Waals surface area (Å²) in [5.41, 5.74) is 5.82. The molecule has 1 rings (SSSR count). The summed E-state index contributed by atoms with van der Waals surface area (Å²) in [5.74, 6) is -0.113. The van der Waals surface area contributed by atoms with E-state index in [1.54, 1.807) is 11.9 Å². The van der Waals surface area contributed by atoms with Crippen molar-refractivity contribution in [3.63, 3.8) is 0 Å². The van der Waals surface area contributed by atoms with E-state index in [0.717, 1.165) is 0 Å². The van der Waals surface area contributed by atoms with E-state index in [1.807, 2.05) is 6.92 Å². The summed E-state index contributed by atoms with van der Waals surface area (Å²) in [6, 6.07) is 5.89. The number of nitrogens with two attached hydrogens (primary N) is 1. The Morgan fingerprint density at radius 3 is 2.40 bits per heavy atom. The summed E-state index contributed by atoms with van der Waals surface area (Å²) in [6.07, 6.45) is 0. The van der Waals surface area contributed by atoms with Crippen molar-refractivity contribution >= 4 is 15.7 Å². The first-order chi connectivity index (χ1) is 9.27. The van der Waals surface area contributed by atoms with Gasteiger partial charge in [-0.1, -0.05) is 12.1 Å². The van der Waals surface area contributed by atoms with Gasteiger partial charge in [-0.25, -0.2) is 8.42 Å². The lowest BCUT2D eigenvalue weighted by atomic mass is 10.2. The SMILES string of the molecule is CC(CO)N(C)CCS(=O)(=O)c1ccc(C(=N)N)cc1. The summed E-state index contributed by atoms with van der Waals surface area (Å²) in [7, 11) is -1.60. The molecular weight excluding hydrogens is 278 g/mol.